The fourth-order valence-corrected chi connectivity index (χ4v) is 12.0. The van der Waals surface area contributed by atoms with Crippen LogP contribution in [0.25, 0.3) is 0 Å². The van der Waals surface area contributed by atoms with E-state index in [9.17, 15) is 0 Å². The third kappa shape index (κ3) is 3.27. The van der Waals surface area contributed by atoms with E-state index >= 15 is 0 Å². The lowest BCUT2D eigenvalue weighted by atomic mass is 9.41. The van der Waals surface area contributed by atoms with Crippen LogP contribution in [0, 0.1) is 62.6 Å². The Morgan fingerprint density at radius 2 is 1.40 bits per heavy atom. The maximum Gasteiger partial charge on any atom is 0.0939 e. The fourth-order valence-electron chi connectivity index (χ4n) is 12.0. The minimum Gasteiger partial charge on any atom is -0.369 e. The molecule has 6 aliphatic rings. The van der Waals surface area contributed by atoms with E-state index in [4.69, 9.17) is 4.74 Å². The number of epoxide rings is 1. The van der Waals surface area contributed by atoms with Crippen molar-refractivity contribution in [3.05, 3.63) is 0 Å². The van der Waals surface area contributed by atoms with Gasteiger partial charge in [0, 0.05) is 0 Å². The lowest BCUT2D eigenvalue weighted by Gasteiger charge is -2.63. The lowest BCUT2D eigenvalue weighted by molar-refractivity contribution is -0.149. The Bertz CT molecular complexity index is 807. The minimum absolute atomic E-state index is 0.234. The molecule has 35 heavy (non-hydrogen) atoms. The topological polar surface area (TPSA) is 12.5 Å². The summed E-state index contributed by atoms with van der Waals surface area (Å²) in [7, 11) is 0. The monoisotopic (exact) mass is 484 g/mol. The van der Waals surface area contributed by atoms with Crippen LogP contribution in [0.3, 0.4) is 0 Å². The molecule has 1 heterocycles. The summed E-state index contributed by atoms with van der Waals surface area (Å²) in [6.07, 6.45) is 16.5. The van der Waals surface area contributed by atoms with Gasteiger partial charge in [0.25, 0.3) is 0 Å². The summed E-state index contributed by atoms with van der Waals surface area (Å²) in [6, 6.07) is 0. The van der Waals surface area contributed by atoms with E-state index in [1.165, 1.54) is 44.9 Å². The largest absolute Gasteiger partial charge is 0.369 e. The first kappa shape index (κ1) is 26.6. The van der Waals surface area contributed by atoms with Gasteiger partial charge >= 0.3 is 0 Å². The van der Waals surface area contributed by atoms with E-state index < -0.39 is 0 Å². The molecule has 0 aromatic carbocycles. The highest BCUT2D eigenvalue weighted by molar-refractivity contribution is 5.30. The normalized spacial score (nSPS) is 53.9. The van der Waals surface area contributed by atoms with Gasteiger partial charge in [-0.2, -0.15) is 0 Å². The highest BCUT2D eigenvalue weighted by Crippen LogP contribution is 2.89. The van der Waals surface area contributed by atoms with Crippen molar-refractivity contribution in [1.82, 2.24) is 0 Å². The highest BCUT2D eigenvalue weighted by Gasteiger charge is 2.81. The van der Waals surface area contributed by atoms with Gasteiger partial charge in [-0.3, -0.25) is 0 Å². The Morgan fingerprint density at radius 1 is 0.771 bits per heavy atom. The molecule has 6 rings (SSSR count). The average Bonchev–Trinajstić information content (AvgIpc) is 3.71. The van der Waals surface area contributed by atoms with Crippen LogP contribution >= 0.6 is 0 Å². The zero-order valence-corrected chi connectivity index (χ0v) is 25.4. The van der Waals surface area contributed by atoms with Crippen molar-refractivity contribution in [1.29, 1.82) is 0 Å². The van der Waals surface area contributed by atoms with Gasteiger partial charge in [-0.15, -0.1) is 0 Å². The van der Waals surface area contributed by atoms with E-state index in [2.05, 4.69) is 55.4 Å². The molecular formula is C34H60O. The molecule has 0 bridgehead atoms. The quantitative estimate of drug-likeness (QED) is 0.354. The Hall–Kier alpha value is -0.0400. The van der Waals surface area contributed by atoms with Gasteiger partial charge in [-0.1, -0.05) is 69.2 Å². The molecule has 1 heteroatoms. The van der Waals surface area contributed by atoms with Crippen LogP contribution in [-0.4, -0.2) is 12.2 Å². The fraction of sp³-hybridized carbons (Fsp3) is 1.00. The van der Waals surface area contributed by atoms with Crippen LogP contribution in [-0.2, 0) is 4.74 Å². The van der Waals surface area contributed by atoms with Gasteiger partial charge in [0.2, 0.25) is 0 Å². The molecule has 1 nitrogen and oxygen atoms in total. The Labute approximate surface area is 219 Å². The molecule has 202 valence electrons. The second-order valence-electron chi connectivity index (χ2n) is 15.9. The molecule has 0 N–H and O–H groups in total. The highest BCUT2D eigenvalue weighted by atomic mass is 16.6. The predicted octanol–water partition coefficient (Wildman–Crippen LogP) is 9.93. The SMILES string of the molecule is CC.CC(CCC1(C(C)C)CO1)C1CCC2(C)C3CCC4C(C)(C)C(C)CCC45CC35CCC12C. The summed E-state index contributed by atoms with van der Waals surface area (Å²) in [5.74, 6) is 5.37. The van der Waals surface area contributed by atoms with Crippen molar-refractivity contribution in [2.24, 2.45) is 62.6 Å². The number of hydrogen-bond acceptors (Lipinski definition) is 1. The van der Waals surface area contributed by atoms with Crippen LogP contribution in [0.15, 0.2) is 0 Å². The van der Waals surface area contributed by atoms with Gasteiger partial charge in [0.05, 0.1) is 12.2 Å². The van der Waals surface area contributed by atoms with E-state index in [-0.39, 0.29) is 5.60 Å². The van der Waals surface area contributed by atoms with Gasteiger partial charge < -0.3 is 4.74 Å². The first-order chi connectivity index (χ1) is 16.4. The molecule has 5 saturated carbocycles. The molecule has 0 aromatic heterocycles. The standard InChI is InChI=1S/C32H54O.C2H6/c1-21(2)32(20-33-32)16-11-22(3)24-13-14-29(8)26-10-9-25-27(5,6)23(4)12-15-30(25)19-31(26,30)18-17-28(24,29)7;1-2/h21-26H,9-20H2,1-8H3;1-2H3. The molecule has 5 aliphatic carbocycles. The Morgan fingerprint density at radius 3 is 2.03 bits per heavy atom. The van der Waals surface area contributed by atoms with Crippen LogP contribution in [0.5, 0.6) is 0 Å². The second kappa shape index (κ2) is 8.23. The van der Waals surface area contributed by atoms with Gasteiger partial charge in [0.15, 0.2) is 0 Å². The van der Waals surface area contributed by atoms with E-state index in [1.54, 1.807) is 25.7 Å². The molecule has 0 aromatic rings. The van der Waals surface area contributed by atoms with Crippen molar-refractivity contribution in [3.63, 3.8) is 0 Å². The van der Waals surface area contributed by atoms with Crippen molar-refractivity contribution in [3.8, 4) is 0 Å². The first-order valence-corrected chi connectivity index (χ1v) is 16.0. The molecule has 10 unspecified atom stereocenters. The van der Waals surface area contributed by atoms with Gasteiger partial charge in [-0.25, -0.2) is 0 Å². The van der Waals surface area contributed by atoms with Crippen LogP contribution in [0.1, 0.15) is 140 Å². The molecule has 10 atom stereocenters. The van der Waals surface area contributed by atoms with Crippen LogP contribution in [0.2, 0.25) is 0 Å². The molecule has 1 aliphatic heterocycles. The van der Waals surface area contributed by atoms with Crippen LogP contribution in [0.4, 0.5) is 0 Å². The maximum absolute atomic E-state index is 5.99. The smallest absolute Gasteiger partial charge is 0.0939 e. The summed E-state index contributed by atoms with van der Waals surface area (Å²) in [5, 5.41) is 0. The Balaban J connectivity index is 0.00000124. The van der Waals surface area contributed by atoms with Crippen LogP contribution < -0.4 is 0 Å². The number of rotatable bonds is 5. The van der Waals surface area contributed by atoms with Crippen molar-refractivity contribution >= 4 is 0 Å². The van der Waals surface area contributed by atoms with Gasteiger partial charge in [-0.05, 0) is 133 Å². The summed E-state index contributed by atoms with van der Waals surface area (Å²) < 4.78 is 5.99. The second-order valence-corrected chi connectivity index (χ2v) is 15.9. The predicted molar refractivity (Wildman–Crippen MR) is 149 cm³/mol. The number of ether oxygens (including phenoxy) is 1. The molecule has 0 radical (unpaired) electrons. The summed E-state index contributed by atoms with van der Waals surface area (Å²) in [4.78, 5) is 0. The molecule has 2 spiro atoms. The average molecular weight is 485 g/mol. The van der Waals surface area contributed by atoms with Crippen molar-refractivity contribution < 1.29 is 4.74 Å². The minimum atomic E-state index is 0.234. The number of fused-ring (bicyclic) bond motifs is 2. The third-order valence-electron chi connectivity index (χ3n) is 15.0. The van der Waals surface area contributed by atoms with Gasteiger partial charge in [0.1, 0.15) is 0 Å². The molecule has 0 amide bonds. The zero-order valence-electron chi connectivity index (χ0n) is 25.4. The maximum atomic E-state index is 5.99. The van der Waals surface area contributed by atoms with E-state index in [0.717, 1.165) is 47.0 Å². The lowest BCUT2D eigenvalue weighted by Crippen LogP contribution is -2.56. The summed E-state index contributed by atoms with van der Waals surface area (Å²) in [6.45, 7) is 25.8. The number of hydrogen-bond donors (Lipinski definition) is 0. The molecule has 6 fully saturated rings. The molecule has 1 saturated heterocycles. The van der Waals surface area contributed by atoms with E-state index in [1.807, 2.05) is 13.8 Å². The molecular weight excluding hydrogens is 424 g/mol. The zero-order chi connectivity index (χ0) is 25.7. The summed E-state index contributed by atoms with van der Waals surface area (Å²) >= 11 is 0. The summed E-state index contributed by atoms with van der Waals surface area (Å²) in [5.41, 5.74) is 3.38. The first-order valence-electron chi connectivity index (χ1n) is 16.0. The van der Waals surface area contributed by atoms with E-state index in [0.29, 0.717) is 22.2 Å². The van der Waals surface area contributed by atoms with Crippen molar-refractivity contribution in [2.75, 3.05) is 6.61 Å². The third-order valence-corrected chi connectivity index (χ3v) is 15.0. The van der Waals surface area contributed by atoms with Crippen molar-refractivity contribution in [2.45, 2.75) is 145 Å². The Kier molecular flexibility index (Phi) is 6.24.